The van der Waals surface area contributed by atoms with Gasteiger partial charge in [-0.25, -0.2) is 4.98 Å². The minimum Gasteiger partial charge on any atom is -0.348 e. The average Bonchev–Trinajstić information content (AvgIpc) is 3.01. The van der Waals surface area contributed by atoms with E-state index in [4.69, 9.17) is 0 Å². The van der Waals surface area contributed by atoms with Crippen molar-refractivity contribution in [2.24, 2.45) is 0 Å². The van der Waals surface area contributed by atoms with Crippen molar-refractivity contribution in [1.82, 2.24) is 19.4 Å². The Bertz CT molecular complexity index is 550. The molecule has 0 aliphatic heterocycles. The van der Waals surface area contributed by atoms with E-state index in [0.717, 1.165) is 13.1 Å². The Morgan fingerprint density at radius 2 is 2.30 bits per heavy atom. The summed E-state index contributed by atoms with van der Waals surface area (Å²) in [7, 11) is 0. The molecule has 0 amide bonds. The van der Waals surface area contributed by atoms with Crippen molar-refractivity contribution in [3.8, 4) is 0 Å². The van der Waals surface area contributed by atoms with Crippen LogP contribution in [-0.2, 0) is 6.54 Å². The molecule has 0 bridgehead atoms. The molecule has 2 heterocycles. The molecule has 4 nitrogen and oxygen atoms in total. The summed E-state index contributed by atoms with van der Waals surface area (Å²) in [4.78, 5) is 4.30. The number of rotatable bonds is 7. The molecule has 0 saturated heterocycles. The number of aromatic nitrogens is 3. The van der Waals surface area contributed by atoms with Crippen LogP contribution in [0.5, 0.6) is 0 Å². The van der Waals surface area contributed by atoms with Gasteiger partial charge in [0.05, 0.1) is 18.6 Å². The first-order valence-corrected chi connectivity index (χ1v) is 7.67. The predicted octanol–water partition coefficient (Wildman–Crippen LogP) is 3.13. The van der Waals surface area contributed by atoms with Crippen LogP contribution in [0.2, 0.25) is 0 Å². The lowest BCUT2D eigenvalue weighted by Crippen LogP contribution is -2.18. The van der Waals surface area contributed by atoms with Crippen molar-refractivity contribution >= 4 is 0 Å². The van der Waals surface area contributed by atoms with Crippen molar-refractivity contribution < 1.29 is 0 Å². The molecule has 20 heavy (non-hydrogen) atoms. The van der Waals surface area contributed by atoms with E-state index < -0.39 is 0 Å². The second kappa shape index (κ2) is 5.83. The highest BCUT2D eigenvalue weighted by atomic mass is 15.1. The Morgan fingerprint density at radius 1 is 1.45 bits per heavy atom. The molecule has 0 spiro atoms. The number of nitrogens with zero attached hydrogens (tertiary/aromatic N) is 3. The highest BCUT2D eigenvalue weighted by Crippen LogP contribution is 2.35. The van der Waals surface area contributed by atoms with Crippen LogP contribution in [0, 0.1) is 0 Å². The van der Waals surface area contributed by atoms with Crippen LogP contribution in [0.15, 0.2) is 31.0 Å². The molecular weight excluding hydrogens is 248 g/mol. The molecule has 1 N–H and O–H groups in total. The van der Waals surface area contributed by atoms with Gasteiger partial charge >= 0.3 is 0 Å². The maximum atomic E-state index is 4.30. The summed E-state index contributed by atoms with van der Waals surface area (Å²) in [6, 6.07) is 3.34. The lowest BCUT2D eigenvalue weighted by Gasteiger charge is -2.11. The Hall–Kier alpha value is -1.55. The summed E-state index contributed by atoms with van der Waals surface area (Å²) in [6.45, 7) is 6.41. The normalized spacial score (nSPS) is 16.5. The van der Waals surface area contributed by atoms with Crippen LogP contribution < -0.4 is 5.32 Å². The standard InChI is InChI=1S/C16H24N4/c1-3-7-18-13(2)14-6-8-19(10-14)11-16-9-17-12-20(16)15-4-5-15/h6,8-10,12-13,15,18H,3-5,7,11H2,1-2H3. The Balaban J connectivity index is 1.66. The lowest BCUT2D eigenvalue weighted by molar-refractivity contribution is 0.569. The van der Waals surface area contributed by atoms with Crippen LogP contribution in [-0.4, -0.2) is 20.7 Å². The first kappa shape index (κ1) is 13.4. The van der Waals surface area contributed by atoms with Crippen molar-refractivity contribution in [1.29, 1.82) is 0 Å². The van der Waals surface area contributed by atoms with Gasteiger partial charge in [-0.2, -0.15) is 0 Å². The summed E-state index contributed by atoms with van der Waals surface area (Å²) >= 11 is 0. The third kappa shape index (κ3) is 2.96. The van der Waals surface area contributed by atoms with Gasteiger partial charge in [0.1, 0.15) is 0 Å². The second-order valence-electron chi connectivity index (χ2n) is 5.82. The van der Waals surface area contributed by atoms with E-state index in [-0.39, 0.29) is 0 Å². The smallest absolute Gasteiger partial charge is 0.0951 e. The quantitative estimate of drug-likeness (QED) is 0.840. The molecule has 1 aliphatic rings. The number of imidazole rings is 1. The van der Waals surface area contributed by atoms with E-state index >= 15 is 0 Å². The van der Waals surface area contributed by atoms with E-state index in [1.54, 1.807) is 0 Å². The third-order valence-corrected chi connectivity index (χ3v) is 4.00. The van der Waals surface area contributed by atoms with Gasteiger partial charge in [-0.3, -0.25) is 0 Å². The molecule has 1 unspecified atom stereocenters. The fourth-order valence-corrected chi connectivity index (χ4v) is 2.62. The molecule has 1 aliphatic carbocycles. The first-order chi connectivity index (χ1) is 9.78. The zero-order valence-electron chi connectivity index (χ0n) is 12.4. The van der Waals surface area contributed by atoms with Gasteiger partial charge < -0.3 is 14.5 Å². The van der Waals surface area contributed by atoms with Gasteiger partial charge in [-0.1, -0.05) is 6.92 Å². The Kier molecular flexibility index (Phi) is 3.92. The fraction of sp³-hybridized carbons (Fsp3) is 0.562. The maximum absolute atomic E-state index is 4.30. The zero-order chi connectivity index (χ0) is 13.9. The van der Waals surface area contributed by atoms with E-state index in [0.29, 0.717) is 12.1 Å². The number of hydrogen-bond acceptors (Lipinski definition) is 2. The largest absolute Gasteiger partial charge is 0.348 e. The third-order valence-electron chi connectivity index (χ3n) is 4.00. The molecule has 4 heteroatoms. The molecule has 1 fully saturated rings. The fourth-order valence-electron chi connectivity index (χ4n) is 2.62. The molecule has 0 radical (unpaired) electrons. The first-order valence-electron chi connectivity index (χ1n) is 7.67. The van der Waals surface area contributed by atoms with Crippen LogP contribution in [0.3, 0.4) is 0 Å². The molecule has 108 valence electrons. The summed E-state index contributed by atoms with van der Waals surface area (Å²) < 4.78 is 4.59. The van der Waals surface area contributed by atoms with Crippen LogP contribution in [0.4, 0.5) is 0 Å². The molecule has 2 aromatic heterocycles. The molecule has 2 aromatic rings. The number of nitrogens with one attached hydrogen (secondary N) is 1. The van der Waals surface area contributed by atoms with E-state index in [1.807, 2.05) is 12.5 Å². The van der Waals surface area contributed by atoms with Gasteiger partial charge in [-0.05, 0) is 44.4 Å². The van der Waals surface area contributed by atoms with Crippen molar-refractivity contribution in [3.05, 3.63) is 42.2 Å². The highest BCUT2D eigenvalue weighted by molar-refractivity contribution is 5.16. The van der Waals surface area contributed by atoms with Crippen molar-refractivity contribution in [2.75, 3.05) is 6.54 Å². The average molecular weight is 272 g/mol. The topological polar surface area (TPSA) is 34.8 Å². The van der Waals surface area contributed by atoms with E-state index in [1.165, 1.54) is 30.5 Å². The lowest BCUT2D eigenvalue weighted by atomic mass is 10.2. The van der Waals surface area contributed by atoms with Gasteiger partial charge in [0.2, 0.25) is 0 Å². The molecule has 3 rings (SSSR count). The number of hydrogen-bond donors (Lipinski definition) is 1. The highest BCUT2D eigenvalue weighted by Gasteiger charge is 2.25. The Labute approximate surface area is 120 Å². The predicted molar refractivity (Wildman–Crippen MR) is 80.7 cm³/mol. The van der Waals surface area contributed by atoms with Crippen LogP contribution in [0.25, 0.3) is 0 Å². The minimum absolute atomic E-state index is 0.421. The summed E-state index contributed by atoms with van der Waals surface area (Å²) in [5.74, 6) is 0. The van der Waals surface area contributed by atoms with Crippen molar-refractivity contribution in [3.63, 3.8) is 0 Å². The Morgan fingerprint density at radius 3 is 3.05 bits per heavy atom. The minimum atomic E-state index is 0.421. The second-order valence-corrected chi connectivity index (χ2v) is 5.82. The van der Waals surface area contributed by atoms with Crippen LogP contribution >= 0.6 is 0 Å². The van der Waals surface area contributed by atoms with Gasteiger partial charge in [0.25, 0.3) is 0 Å². The summed E-state index contributed by atoms with van der Waals surface area (Å²) in [5, 5.41) is 3.53. The summed E-state index contributed by atoms with van der Waals surface area (Å²) in [6.07, 6.45) is 12.2. The van der Waals surface area contributed by atoms with Gasteiger partial charge in [0, 0.05) is 30.7 Å². The molecule has 0 aromatic carbocycles. The molecule has 1 atom stereocenters. The van der Waals surface area contributed by atoms with E-state index in [2.05, 4.69) is 51.7 Å². The van der Waals surface area contributed by atoms with Gasteiger partial charge in [0.15, 0.2) is 0 Å². The SMILES string of the molecule is CCCNC(C)c1ccn(Cc2cncn2C2CC2)c1. The summed E-state index contributed by atoms with van der Waals surface area (Å²) in [5.41, 5.74) is 2.67. The van der Waals surface area contributed by atoms with E-state index in [9.17, 15) is 0 Å². The molecule has 1 saturated carbocycles. The monoisotopic (exact) mass is 272 g/mol. The maximum Gasteiger partial charge on any atom is 0.0951 e. The zero-order valence-corrected chi connectivity index (χ0v) is 12.4. The molecular formula is C16H24N4. The van der Waals surface area contributed by atoms with Crippen LogP contribution in [0.1, 0.15) is 56.5 Å². The van der Waals surface area contributed by atoms with Gasteiger partial charge in [-0.15, -0.1) is 0 Å². The van der Waals surface area contributed by atoms with Crippen molar-refractivity contribution in [2.45, 2.75) is 51.7 Å².